The summed E-state index contributed by atoms with van der Waals surface area (Å²) in [5, 5.41) is 0. The first kappa shape index (κ1) is 55.9. The molecule has 0 aromatic carbocycles. The monoisotopic (exact) mass is 817 g/mol. The summed E-state index contributed by atoms with van der Waals surface area (Å²) in [6.07, 6.45) is 53.7. The fraction of sp³-hybridized carbons (Fsp3) is 0.865. The normalized spacial score (nSPS) is 12.1. The molecule has 0 bridgehead atoms. The first-order chi connectivity index (χ1) is 28.5. The van der Waals surface area contributed by atoms with Crippen LogP contribution in [0.4, 0.5) is 0 Å². The Labute approximate surface area is 360 Å². The van der Waals surface area contributed by atoms with Crippen molar-refractivity contribution in [1.82, 2.24) is 0 Å². The van der Waals surface area contributed by atoms with Crippen molar-refractivity contribution in [3.63, 3.8) is 0 Å². The van der Waals surface area contributed by atoms with Crippen LogP contribution in [0.15, 0.2) is 24.3 Å². The van der Waals surface area contributed by atoms with Crippen LogP contribution >= 0.6 is 0 Å². The van der Waals surface area contributed by atoms with Gasteiger partial charge >= 0.3 is 17.9 Å². The Balaban J connectivity index is 3.91. The van der Waals surface area contributed by atoms with E-state index in [2.05, 4.69) is 45.1 Å². The van der Waals surface area contributed by atoms with E-state index in [0.717, 1.165) is 64.2 Å². The number of hydrogen-bond donors (Lipinski definition) is 0. The van der Waals surface area contributed by atoms with Gasteiger partial charge in [-0.25, -0.2) is 0 Å². The Morgan fingerprint density at radius 3 is 0.948 bits per heavy atom. The number of carbonyl (C=O) groups is 3. The van der Waals surface area contributed by atoms with E-state index in [1.54, 1.807) is 0 Å². The second-order valence-corrected chi connectivity index (χ2v) is 17.1. The zero-order valence-electron chi connectivity index (χ0n) is 38.8. The van der Waals surface area contributed by atoms with E-state index in [1.165, 1.54) is 167 Å². The van der Waals surface area contributed by atoms with Gasteiger partial charge in [-0.05, 0) is 51.4 Å². The highest BCUT2D eigenvalue weighted by Crippen LogP contribution is 2.16. The van der Waals surface area contributed by atoms with Gasteiger partial charge in [0.2, 0.25) is 0 Å². The molecule has 0 spiro atoms. The Bertz CT molecular complexity index is 942. The zero-order valence-corrected chi connectivity index (χ0v) is 38.8. The van der Waals surface area contributed by atoms with E-state index < -0.39 is 6.10 Å². The van der Waals surface area contributed by atoms with Crippen LogP contribution in [0.25, 0.3) is 0 Å². The van der Waals surface area contributed by atoms with E-state index in [-0.39, 0.29) is 31.1 Å². The predicted octanol–water partition coefficient (Wildman–Crippen LogP) is 16.4. The van der Waals surface area contributed by atoms with Gasteiger partial charge in [0.25, 0.3) is 0 Å². The molecule has 0 radical (unpaired) electrons. The molecule has 58 heavy (non-hydrogen) atoms. The summed E-state index contributed by atoms with van der Waals surface area (Å²) in [5.74, 6) is -0.877. The van der Waals surface area contributed by atoms with Crippen LogP contribution in [-0.2, 0) is 28.6 Å². The summed E-state index contributed by atoms with van der Waals surface area (Å²) in [7, 11) is 0. The molecular weight excluding hydrogens is 721 g/mol. The molecule has 6 heteroatoms. The van der Waals surface area contributed by atoms with Crippen molar-refractivity contribution in [3.8, 4) is 0 Å². The third-order valence-electron chi connectivity index (χ3n) is 11.2. The second kappa shape index (κ2) is 47.6. The fourth-order valence-electron chi connectivity index (χ4n) is 7.36. The van der Waals surface area contributed by atoms with Crippen molar-refractivity contribution < 1.29 is 28.6 Å². The molecule has 1 unspecified atom stereocenters. The van der Waals surface area contributed by atoms with Gasteiger partial charge in [-0.3, -0.25) is 14.4 Å². The molecular formula is C52H96O6. The third kappa shape index (κ3) is 45.0. The molecule has 0 aliphatic rings. The summed E-state index contributed by atoms with van der Waals surface area (Å²) in [6.45, 7) is 6.54. The highest BCUT2D eigenvalue weighted by atomic mass is 16.6. The molecule has 0 aliphatic carbocycles. The minimum Gasteiger partial charge on any atom is -0.462 e. The van der Waals surface area contributed by atoms with Crippen molar-refractivity contribution in [1.29, 1.82) is 0 Å². The minimum atomic E-state index is -0.760. The Hall–Kier alpha value is -2.11. The molecule has 0 heterocycles. The molecule has 0 fully saturated rings. The van der Waals surface area contributed by atoms with Gasteiger partial charge in [0.05, 0.1) is 0 Å². The second-order valence-electron chi connectivity index (χ2n) is 17.1. The van der Waals surface area contributed by atoms with Crippen molar-refractivity contribution in [2.75, 3.05) is 13.2 Å². The average molecular weight is 817 g/mol. The summed E-state index contributed by atoms with van der Waals surface area (Å²) in [5.41, 5.74) is 0. The van der Waals surface area contributed by atoms with Crippen LogP contribution < -0.4 is 0 Å². The smallest absolute Gasteiger partial charge is 0.306 e. The number of allylic oxidation sites excluding steroid dienone is 4. The topological polar surface area (TPSA) is 78.9 Å². The maximum absolute atomic E-state index is 12.6. The Kier molecular flexibility index (Phi) is 45.8. The SMILES string of the molecule is CCCCCCC/C=C\C/C=C\CCCCCCCCCCCCCCCCCC(=O)OCC(COC(=O)CCCCCCCC)OC(=O)CCCCCCCCC. The highest BCUT2D eigenvalue weighted by Gasteiger charge is 2.19. The number of unbranched alkanes of at least 4 members (excludes halogenated alkanes) is 31. The van der Waals surface area contributed by atoms with Crippen LogP contribution in [0.1, 0.15) is 271 Å². The predicted molar refractivity (Wildman–Crippen MR) is 247 cm³/mol. The van der Waals surface area contributed by atoms with Crippen molar-refractivity contribution >= 4 is 17.9 Å². The molecule has 1 atom stereocenters. The summed E-state index contributed by atoms with van der Waals surface area (Å²) >= 11 is 0. The van der Waals surface area contributed by atoms with E-state index in [4.69, 9.17) is 14.2 Å². The molecule has 340 valence electrons. The summed E-state index contributed by atoms with van der Waals surface area (Å²) in [4.78, 5) is 37.4. The van der Waals surface area contributed by atoms with Crippen molar-refractivity contribution in [2.45, 2.75) is 277 Å². The van der Waals surface area contributed by atoms with Gasteiger partial charge in [-0.2, -0.15) is 0 Å². The Morgan fingerprint density at radius 1 is 0.345 bits per heavy atom. The molecule has 0 rings (SSSR count). The number of esters is 3. The van der Waals surface area contributed by atoms with Crippen LogP contribution in [0, 0.1) is 0 Å². The van der Waals surface area contributed by atoms with Crippen LogP contribution in [-0.4, -0.2) is 37.2 Å². The number of rotatable bonds is 46. The average Bonchev–Trinajstić information content (AvgIpc) is 3.22. The maximum atomic E-state index is 12.6. The number of ether oxygens (including phenoxy) is 3. The summed E-state index contributed by atoms with van der Waals surface area (Å²) < 4.78 is 16.6. The third-order valence-corrected chi connectivity index (χ3v) is 11.2. The van der Waals surface area contributed by atoms with Crippen LogP contribution in [0.3, 0.4) is 0 Å². The number of hydrogen-bond acceptors (Lipinski definition) is 6. The first-order valence-corrected chi connectivity index (χ1v) is 25.3. The molecule has 0 aliphatic heterocycles. The van der Waals surface area contributed by atoms with E-state index in [0.29, 0.717) is 19.3 Å². The molecule has 0 aromatic heterocycles. The van der Waals surface area contributed by atoms with E-state index in [1.807, 2.05) is 0 Å². The van der Waals surface area contributed by atoms with Gasteiger partial charge in [0.15, 0.2) is 6.10 Å². The first-order valence-electron chi connectivity index (χ1n) is 25.3. The quantitative estimate of drug-likeness (QED) is 0.0263. The lowest BCUT2D eigenvalue weighted by molar-refractivity contribution is -0.167. The largest absolute Gasteiger partial charge is 0.462 e. The molecule has 6 nitrogen and oxygen atoms in total. The van der Waals surface area contributed by atoms with Gasteiger partial charge in [0.1, 0.15) is 13.2 Å². The minimum absolute atomic E-state index is 0.0679. The van der Waals surface area contributed by atoms with Gasteiger partial charge in [0, 0.05) is 19.3 Å². The molecule has 0 aromatic rings. The fourth-order valence-corrected chi connectivity index (χ4v) is 7.36. The molecule has 0 saturated heterocycles. The lowest BCUT2D eigenvalue weighted by Gasteiger charge is -2.18. The van der Waals surface area contributed by atoms with E-state index >= 15 is 0 Å². The van der Waals surface area contributed by atoms with Gasteiger partial charge in [-0.1, -0.05) is 225 Å². The van der Waals surface area contributed by atoms with E-state index in [9.17, 15) is 14.4 Å². The van der Waals surface area contributed by atoms with Crippen molar-refractivity contribution in [2.24, 2.45) is 0 Å². The lowest BCUT2D eigenvalue weighted by atomic mass is 10.0. The van der Waals surface area contributed by atoms with Crippen molar-refractivity contribution in [3.05, 3.63) is 24.3 Å². The van der Waals surface area contributed by atoms with Gasteiger partial charge < -0.3 is 14.2 Å². The standard InChI is InChI=1S/C52H96O6/c1-4-7-10-13-16-17-18-19-20-21-22-23-24-25-26-27-28-29-30-31-32-33-34-35-37-39-42-45-51(54)57-48-49(47-56-50(53)44-41-38-15-12-9-6-3)58-52(55)46-43-40-36-14-11-8-5-2/h18-19,21-22,49H,4-17,20,23-48H2,1-3H3/b19-18-,22-21-. The zero-order chi connectivity index (χ0) is 42.3. The lowest BCUT2D eigenvalue weighted by Crippen LogP contribution is -2.30. The molecule has 0 N–H and O–H groups in total. The Morgan fingerprint density at radius 2 is 0.621 bits per heavy atom. The number of carbonyl (C=O) groups excluding carboxylic acids is 3. The van der Waals surface area contributed by atoms with Crippen LogP contribution in [0.2, 0.25) is 0 Å². The highest BCUT2D eigenvalue weighted by molar-refractivity contribution is 5.71. The summed E-state index contributed by atoms with van der Waals surface area (Å²) in [6, 6.07) is 0. The molecule has 0 amide bonds. The molecule has 0 saturated carbocycles. The van der Waals surface area contributed by atoms with Gasteiger partial charge in [-0.15, -0.1) is 0 Å². The maximum Gasteiger partial charge on any atom is 0.306 e. The van der Waals surface area contributed by atoms with Crippen LogP contribution in [0.5, 0.6) is 0 Å².